The van der Waals surface area contributed by atoms with E-state index < -0.39 is 11.8 Å². The lowest BCUT2D eigenvalue weighted by Gasteiger charge is -2.22. The quantitative estimate of drug-likeness (QED) is 0.847. The van der Waals surface area contributed by atoms with E-state index in [0.717, 1.165) is 0 Å². The molecule has 0 aromatic carbocycles. The van der Waals surface area contributed by atoms with E-state index in [1.54, 1.807) is 37.8 Å². The van der Waals surface area contributed by atoms with Crippen LogP contribution in [0.5, 0.6) is 0 Å². The van der Waals surface area contributed by atoms with Crippen LogP contribution in [-0.4, -0.2) is 39.9 Å². The van der Waals surface area contributed by atoms with Crippen molar-refractivity contribution in [2.45, 2.75) is 5.25 Å². The summed E-state index contributed by atoms with van der Waals surface area (Å²) >= 11 is 6.52. The van der Waals surface area contributed by atoms with Crippen molar-refractivity contribution in [3.63, 3.8) is 0 Å². The van der Waals surface area contributed by atoms with Gasteiger partial charge >= 0.3 is 5.25 Å². The summed E-state index contributed by atoms with van der Waals surface area (Å²) in [6, 6.07) is 3.56. The standard InChI is InChI=1S/C12H13ClF2N4S/c1-18(8-12(14,15)20-2)10-7-19(17-11(10)13)9-4-3-5-16-6-9/h3-7H,8H2,1-2H3. The molecule has 2 rings (SSSR count). The summed E-state index contributed by atoms with van der Waals surface area (Å²) in [5.41, 5.74) is 1.16. The molecule has 0 bridgehead atoms. The Balaban J connectivity index is 2.24. The molecule has 0 amide bonds. The molecule has 8 heteroatoms. The van der Waals surface area contributed by atoms with Crippen LogP contribution >= 0.6 is 23.4 Å². The zero-order chi connectivity index (χ0) is 14.8. The molecule has 2 heterocycles. The molecule has 2 aromatic heterocycles. The van der Waals surface area contributed by atoms with Gasteiger partial charge in [0.25, 0.3) is 0 Å². The molecule has 0 unspecified atom stereocenters. The van der Waals surface area contributed by atoms with Gasteiger partial charge in [-0.2, -0.15) is 13.9 Å². The van der Waals surface area contributed by atoms with Gasteiger partial charge < -0.3 is 4.90 Å². The van der Waals surface area contributed by atoms with Gasteiger partial charge in [-0.25, -0.2) is 4.68 Å². The fourth-order valence-electron chi connectivity index (χ4n) is 1.65. The fourth-order valence-corrected chi connectivity index (χ4v) is 2.24. The zero-order valence-corrected chi connectivity index (χ0v) is 12.5. The zero-order valence-electron chi connectivity index (χ0n) is 10.9. The van der Waals surface area contributed by atoms with Crippen LogP contribution < -0.4 is 4.90 Å². The third kappa shape index (κ3) is 3.40. The molecule has 0 fully saturated rings. The normalized spacial score (nSPS) is 11.7. The highest BCUT2D eigenvalue weighted by Crippen LogP contribution is 2.31. The molecular formula is C12H13ClF2N4S. The minimum Gasteiger partial charge on any atom is -0.364 e. The number of aromatic nitrogens is 3. The smallest absolute Gasteiger partial charge is 0.310 e. The van der Waals surface area contributed by atoms with Crippen molar-refractivity contribution in [3.8, 4) is 5.69 Å². The number of hydrogen-bond acceptors (Lipinski definition) is 4. The first-order chi connectivity index (χ1) is 9.43. The van der Waals surface area contributed by atoms with Crippen molar-refractivity contribution in [3.05, 3.63) is 35.9 Å². The summed E-state index contributed by atoms with van der Waals surface area (Å²) in [7, 11) is 1.56. The number of alkyl halides is 2. The Morgan fingerprint density at radius 3 is 2.85 bits per heavy atom. The summed E-state index contributed by atoms with van der Waals surface area (Å²) in [6.45, 7) is -0.438. The molecule has 0 N–H and O–H groups in total. The van der Waals surface area contributed by atoms with E-state index in [1.165, 1.54) is 15.8 Å². The fraction of sp³-hybridized carbons (Fsp3) is 0.333. The maximum Gasteiger partial charge on any atom is 0.310 e. The SMILES string of the molecule is CSC(F)(F)CN(C)c1cn(-c2cccnc2)nc1Cl. The van der Waals surface area contributed by atoms with Gasteiger partial charge in [0.2, 0.25) is 0 Å². The van der Waals surface area contributed by atoms with E-state index in [4.69, 9.17) is 11.6 Å². The van der Waals surface area contributed by atoms with Crippen LogP contribution in [0, 0.1) is 0 Å². The molecule has 2 aromatic rings. The van der Waals surface area contributed by atoms with Crippen LogP contribution in [0.4, 0.5) is 14.5 Å². The summed E-state index contributed by atoms with van der Waals surface area (Å²) < 4.78 is 28.3. The summed E-state index contributed by atoms with van der Waals surface area (Å²) in [4.78, 5) is 5.36. The Labute approximate surface area is 124 Å². The monoisotopic (exact) mass is 318 g/mol. The second kappa shape index (κ2) is 5.97. The molecule has 0 saturated heterocycles. The van der Waals surface area contributed by atoms with Crippen LogP contribution in [0.15, 0.2) is 30.7 Å². The molecule has 0 atom stereocenters. The Morgan fingerprint density at radius 1 is 1.50 bits per heavy atom. The van der Waals surface area contributed by atoms with Crippen molar-refractivity contribution in [2.24, 2.45) is 0 Å². The number of nitrogens with zero attached hydrogens (tertiary/aromatic N) is 4. The third-order valence-electron chi connectivity index (χ3n) is 2.69. The Hall–Kier alpha value is -1.34. The molecule has 108 valence electrons. The van der Waals surface area contributed by atoms with Gasteiger partial charge in [-0.1, -0.05) is 23.4 Å². The number of rotatable bonds is 5. The first-order valence-corrected chi connectivity index (χ1v) is 7.33. The van der Waals surface area contributed by atoms with E-state index >= 15 is 0 Å². The molecule has 20 heavy (non-hydrogen) atoms. The van der Waals surface area contributed by atoms with Gasteiger partial charge in [-0.05, 0) is 18.4 Å². The van der Waals surface area contributed by atoms with Gasteiger partial charge in [0.05, 0.1) is 30.3 Å². The highest BCUT2D eigenvalue weighted by molar-refractivity contribution is 7.99. The average Bonchev–Trinajstić information content (AvgIpc) is 2.81. The van der Waals surface area contributed by atoms with Gasteiger partial charge in [-0.3, -0.25) is 4.98 Å². The summed E-state index contributed by atoms with van der Waals surface area (Å²) in [5, 5.41) is 1.44. The lowest BCUT2D eigenvalue weighted by Crippen LogP contribution is -2.31. The topological polar surface area (TPSA) is 34.0 Å². The number of halogens is 3. The van der Waals surface area contributed by atoms with Crippen molar-refractivity contribution in [1.82, 2.24) is 14.8 Å². The molecule has 4 nitrogen and oxygen atoms in total. The predicted octanol–water partition coefficient (Wildman–Crippen LogP) is 3.31. The molecule has 0 saturated carbocycles. The molecule has 0 aliphatic rings. The summed E-state index contributed by atoms with van der Waals surface area (Å²) in [6.07, 6.45) is 6.23. The van der Waals surface area contributed by atoms with Crippen LogP contribution in [0.3, 0.4) is 0 Å². The Kier molecular flexibility index (Phi) is 4.49. The molecule has 0 aliphatic heterocycles. The van der Waals surface area contributed by atoms with Gasteiger partial charge in [0.1, 0.15) is 0 Å². The minimum atomic E-state index is -2.84. The molecular weight excluding hydrogens is 306 g/mol. The lowest BCUT2D eigenvalue weighted by atomic mass is 10.4. The van der Waals surface area contributed by atoms with Gasteiger partial charge in [0, 0.05) is 13.2 Å². The van der Waals surface area contributed by atoms with E-state index in [2.05, 4.69) is 10.1 Å². The number of anilines is 1. The first kappa shape index (κ1) is 15.1. The largest absolute Gasteiger partial charge is 0.364 e. The van der Waals surface area contributed by atoms with Crippen molar-refractivity contribution < 1.29 is 8.78 Å². The van der Waals surface area contributed by atoms with Gasteiger partial charge in [-0.15, -0.1) is 0 Å². The van der Waals surface area contributed by atoms with E-state index in [1.807, 2.05) is 0 Å². The molecule has 0 aliphatic carbocycles. The molecule has 0 radical (unpaired) electrons. The van der Waals surface area contributed by atoms with E-state index in [0.29, 0.717) is 23.1 Å². The van der Waals surface area contributed by atoms with Crippen molar-refractivity contribution in [2.75, 3.05) is 24.7 Å². The Morgan fingerprint density at radius 2 is 2.25 bits per heavy atom. The van der Waals surface area contributed by atoms with E-state index in [-0.39, 0.29) is 5.15 Å². The highest BCUT2D eigenvalue weighted by atomic mass is 35.5. The summed E-state index contributed by atoms with van der Waals surface area (Å²) in [5.74, 6) is 0. The number of thioether (sulfide) groups is 1. The second-order valence-corrected chi connectivity index (χ2v) is 5.52. The van der Waals surface area contributed by atoms with Crippen molar-refractivity contribution >= 4 is 29.1 Å². The highest BCUT2D eigenvalue weighted by Gasteiger charge is 2.30. The second-order valence-electron chi connectivity index (χ2n) is 4.16. The third-order valence-corrected chi connectivity index (χ3v) is 3.69. The maximum absolute atomic E-state index is 13.4. The predicted molar refractivity (Wildman–Crippen MR) is 78.1 cm³/mol. The van der Waals surface area contributed by atoms with Crippen LogP contribution in [0.1, 0.15) is 0 Å². The maximum atomic E-state index is 13.4. The van der Waals surface area contributed by atoms with Gasteiger partial charge in [0.15, 0.2) is 5.15 Å². The molecule has 0 spiro atoms. The number of hydrogen-bond donors (Lipinski definition) is 0. The van der Waals surface area contributed by atoms with Crippen LogP contribution in [0.25, 0.3) is 5.69 Å². The first-order valence-electron chi connectivity index (χ1n) is 5.72. The lowest BCUT2D eigenvalue weighted by molar-refractivity contribution is 0.115. The van der Waals surface area contributed by atoms with E-state index in [9.17, 15) is 8.78 Å². The van der Waals surface area contributed by atoms with Crippen molar-refractivity contribution in [1.29, 1.82) is 0 Å². The van der Waals surface area contributed by atoms with Crippen LogP contribution in [0.2, 0.25) is 5.15 Å². The Bertz CT molecular complexity index is 576. The average molecular weight is 319 g/mol. The minimum absolute atomic E-state index is 0.174. The number of pyridine rings is 1. The van der Waals surface area contributed by atoms with Crippen LogP contribution in [-0.2, 0) is 0 Å².